The number of hydrogen-bond acceptors (Lipinski definition) is 4. The first-order chi connectivity index (χ1) is 8.39. The van der Waals surface area contributed by atoms with Crippen molar-refractivity contribution in [3.05, 3.63) is 0 Å². The lowest BCUT2D eigenvalue weighted by molar-refractivity contribution is -0.128. The third kappa shape index (κ3) is 6.33. The summed E-state index contributed by atoms with van der Waals surface area (Å²) in [5.74, 6) is 0.0352. The maximum atomic E-state index is 11.4. The van der Waals surface area contributed by atoms with Crippen LogP contribution < -0.4 is 10.6 Å². The molecule has 1 amide bonds. The van der Waals surface area contributed by atoms with Crippen LogP contribution in [-0.4, -0.2) is 50.0 Å². The van der Waals surface area contributed by atoms with Crippen molar-refractivity contribution in [1.29, 1.82) is 0 Å². The molecular weight excluding hydrogens is 232 g/mol. The number of nitrogens with one attached hydrogen (secondary N) is 2. The monoisotopic (exact) mass is 258 g/mol. The Balaban J connectivity index is 2.09. The number of amides is 1. The second-order valence-corrected chi connectivity index (χ2v) is 5.68. The maximum absolute atomic E-state index is 11.4. The highest BCUT2D eigenvalue weighted by Gasteiger charge is 2.28. The van der Waals surface area contributed by atoms with E-state index >= 15 is 0 Å². The smallest absolute Gasteiger partial charge is 0.222 e. The number of morpholine rings is 1. The molecule has 1 heterocycles. The molecule has 0 aromatic carbocycles. The van der Waals surface area contributed by atoms with Gasteiger partial charge in [0.25, 0.3) is 0 Å². The molecule has 5 nitrogen and oxygen atoms in total. The van der Waals surface area contributed by atoms with E-state index in [0.717, 1.165) is 13.1 Å². The lowest BCUT2D eigenvalue weighted by Crippen LogP contribution is -2.51. The molecule has 0 radical (unpaired) electrons. The summed E-state index contributed by atoms with van der Waals surface area (Å²) < 4.78 is 11.4. The Morgan fingerprint density at radius 2 is 2.28 bits per heavy atom. The van der Waals surface area contributed by atoms with Crippen molar-refractivity contribution >= 4 is 5.91 Å². The molecule has 1 saturated heterocycles. The molecule has 2 N–H and O–H groups in total. The number of hydrogen-bond donors (Lipinski definition) is 2. The van der Waals surface area contributed by atoms with Crippen LogP contribution in [0.3, 0.4) is 0 Å². The molecule has 106 valence electrons. The summed E-state index contributed by atoms with van der Waals surface area (Å²) in [7, 11) is 0. The van der Waals surface area contributed by atoms with Crippen LogP contribution in [0.2, 0.25) is 0 Å². The Hall–Kier alpha value is -0.650. The molecule has 5 heteroatoms. The van der Waals surface area contributed by atoms with Gasteiger partial charge in [0.05, 0.1) is 24.9 Å². The molecule has 0 spiro atoms. The fourth-order valence-corrected chi connectivity index (χ4v) is 1.94. The molecular formula is C13H26N2O3. The summed E-state index contributed by atoms with van der Waals surface area (Å²) in [4.78, 5) is 11.4. The van der Waals surface area contributed by atoms with Crippen molar-refractivity contribution in [3.63, 3.8) is 0 Å². The van der Waals surface area contributed by atoms with Gasteiger partial charge in [0.1, 0.15) is 0 Å². The van der Waals surface area contributed by atoms with Gasteiger partial charge in [-0.05, 0) is 27.7 Å². The quantitative estimate of drug-likeness (QED) is 0.688. The zero-order chi connectivity index (χ0) is 13.6. The normalized spacial score (nSPS) is 23.1. The summed E-state index contributed by atoms with van der Waals surface area (Å²) in [6.45, 7) is 10.7. The molecule has 0 aliphatic carbocycles. The van der Waals surface area contributed by atoms with E-state index in [2.05, 4.69) is 24.5 Å². The van der Waals surface area contributed by atoms with Crippen molar-refractivity contribution in [1.82, 2.24) is 10.6 Å². The summed E-state index contributed by atoms with van der Waals surface area (Å²) in [5.41, 5.74) is -0.138. The lowest BCUT2D eigenvalue weighted by atomic mass is 10.1. The molecule has 18 heavy (non-hydrogen) atoms. The molecule has 1 unspecified atom stereocenters. The van der Waals surface area contributed by atoms with Crippen molar-refractivity contribution in [2.75, 3.05) is 26.3 Å². The van der Waals surface area contributed by atoms with Gasteiger partial charge in [-0.3, -0.25) is 4.79 Å². The molecule has 1 aliphatic heterocycles. The first kappa shape index (κ1) is 15.4. The van der Waals surface area contributed by atoms with E-state index in [4.69, 9.17) is 9.47 Å². The van der Waals surface area contributed by atoms with E-state index in [1.54, 1.807) is 0 Å². The van der Waals surface area contributed by atoms with Gasteiger partial charge in [-0.15, -0.1) is 0 Å². The van der Waals surface area contributed by atoms with E-state index in [1.165, 1.54) is 0 Å². The van der Waals surface area contributed by atoms with E-state index < -0.39 is 0 Å². The Kier molecular flexibility index (Phi) is 6.05. The molecule has 1 aliphatic rings. The summed E-state index contributed by atoms with van der Waals surface area (Å²) in [5, 5.41) is 6.15. The van der Waals surface area contributed by atoms with Gasteiger partial charge in [-0.1, -0.05) is 0 Å². The van der Waals surface area contributed by atoms with Gasteiger partial charge in [0, 0.05) is 25.6 Å². The topological polar surface area (TPSA) is 59.6 Å². The summed E-state index contributed by atoms with van der Waals surface area (Å²) in [6, 6.07) is 0.184. The first-order valence-electron chi connectivity index (χ1n) is 6.65. The third-order valence-corrected chi connectivity index (χ3v) is 2.64. The summed E-state index contributed by atoms with van der Waals surface area (Å²) >= 11 is 0. The van der Waals surface area contributed by atoms with Crippen molar-refractivity contribution in [3.8, 4) is 0 Å². The van der Waals surface area contributed by atoms with Crippen LogP contribution in [0.5, 0.6) is 0 Å². The molecule has 0 bridgehead atoms. The molecule has 1 rings (SSSR count). The Bertz CT molecular complexity index is 267. The fraction of sp³-hybridized carbons (Fsp3) is 0.923. The van der Waals surface area contributed by atoms with Crippen molar-refractivity contribution in [2.45, 2.75) is 51.9 Å². The lowest BCUT2D eigenvalue weighted by Gasteiger charge is -2.36. The second kappa shape index (κ2) is 7.07. The molecule has 0 saturated carbocycles. The minimum Gasteiger partial charge on any atom is -0.378 e. The van der Waals surface area contributed by atoms with Crippen LogP contribution in [0.4, 0.5) is 0 Å². The van der Waals surface area contributed by atoms with Crippen LogP contribution in [0.1, 0.15) is 34.1 Å². The van der Waals surface area contributed by atoms with Crippen LogP contribution in [0.25, 0.3) is 0 Å². The molecule has 1 atom stereocenters. The van der Waals surface area contributed by atoms with Gasteiger partial charge in [-0.2, -0.15) is 0 Å². The standard InChI is InChI=1S/C13H26N2O3/c1-10(2)15-12(16)5-6-17-8-11-7-14-9-13(3,4)18-11/h10-11,14H,5-9H2,1-4H3,(H,15,16). The van der Waals surface area contributed by atoms with Gasteiger partial charge >= 0.3 is 0 Å². The summed E-state index contributed by atoms with van der Waals surface area (Å²) in [6.07, 6.45) is 0.476. The largest absolute Gasteiger partial charge is 0.378 e. The van der Waals surface area contributed by atoms with Gasteiger partial charge in [0.2, 0.25) is 5.91 Å². The minimum absolute atomic E-state index is 0.0352. The number of ether oxygens (including phenoxy) is 2. The minimum atomic E-state index is -0.138. The van der Waals surface area contributed by atoms with Crippen molar-refractivity contribution in [2.24, 2.45) is 0 Å². The second-order valence-electron chi connectivity index (χ2n) is 5.68. The predicted octanol–water partition coefficient (Wildman–Crippen LogP) is 0.685. The van der Waals surface area contributed by atoms with E-state index in [9.17, 15) is 4.79 Å². The first-order valence-corrected chi connectivity index (χ1v) is 6.65. The molecule has 1 fully saturated rings. The van der Waals surface area contributed by atoms with E-state index in [1.807, 2.05) is 13.8 Å². The number of carbonyl (C=O) groups excluding carboxylic acids is 1. The predicted molar refractivity (Wildman–Crippen MR) is 70.5 cm³/mol. The van der Waals surface area contributed by atoms with E-state index in [-0.39, 0.29) is 23.7 Å². The Morgan fingerprint density at radius 1 is 1.56 bits per heavy atom. The van der Waals surface area contributed by atoms with Crippen molar-refractivity contribution < 1.29 is 14.3 Å². The van der Waals surface area contributed by atoms with Crippen LogP contribution in [0, 0.1) is 0 Å². The fourth-order valence-electron chi connectivity index (χ4n) is 1.94. The van der Waals surface area contributed by atoms with Crippen LogP contribution >= 0.6 is 0 Å². The Morgan fingerprint density at radius 3 is 2.89 bits per heavy atom. The highest BCUT2D eigenvalue weighted by atomic mass is 16.5. The van der Waals surface area contributed by atoms with Crippen LogP contribution in [0.15, 0.2) is 0 Å². The highest BCUT2D eigenvalue weighted by molar-refractivity contribution is 5.76. The SMILES string of the molecule is CC(C)NC(=O)CCOCC1CNCC(C)(C)O1. The zero-order valence-corrected chi connectivity index (χ0v) is 11.9. The molecule has 0 aromatic rings. The molecule has 0 aromatic heterocycles. The number of carbonyl (C=O) groups is 1. The average Bonchev–Trinajstić information content (AvgIpc) is 2.22. The third-order valence-electron chi connectivity index (χ3n) is 2.64. The van der Waals surface area contributed by atoms with Gasteiger partial charge < -0.3 is 20.1 Å². The highest BCUT2D eigenvalue weighted by Crippen LogP contribution is 2.15. The van der Waals surface area contributed by atoms with Gasteiger partial charge in [0.15, 0.2) is 0 Å². The number of rotatable bonds is 6. The average molecular weight is 258 g/mol. The maximum Gasteiger partial charge on any atom is 0.222 e. The van der Waals surface area contributed by atoms with Gasteiger partial charge in [-0.25, -0.2) is 0 Å². The zero-order valence-electron chi connectivity index (χ0n) is 11.9. The Labute approximate surface area is 110 Å². The van der Waals surface area contributed by atoms with E-state index in [0.29, 0.717) is 19.6 Å². The van der Waals surface area contributed by atoms with Crippen LogP contribution in [-0.2, 0) is 14.3 Å².